The molecule has 1 atom stereocenters. The van der Waals surface area contributed by atoms with Crippen LogP contribution in [0.2, 0.25) is 0 Å². The number of amides is 2. The van der Waals surface area contributed by atoms with E-state index in [0.29, 0.717) is 25.9 Å². The van der Waals surface area contributed by atoms with Crippen LogP contribution in [0.3, 0.4) is 0 Å². The Morgan fingerprint density at radius 2 is 1.81 bits per heavy atom. The SMILES string of the molecule is CCCN1CCC2(CC1)CN(OC(=O)N[C@@H](CC(F)(F)CCC)C(=O)NC1(C#N)CC1)C2. The summed E-state index contributed by atoms with van der Waals surface area (Å²) >= 11 is 0. The molecule has 0 aromatic carbocycles. The van der Waals surface area contributed by atoms with E-state index >= 15 is 0 Å². The molecule has 1 saturated carbocycles. The van der Waals surface area contributed by atoms with Gasteiger partial charge >= 0.3 is 6.09 Å². The maximum absolute atomic E-state index is 14.2. The number of likely N-dealkylation sites (tertiary alicyclic amines) is 1. The van der Waals surface area contributed by atoms with Gasteiger partial charge < -0.3 is 20.4 Å². The number of hydroxylamine groups is 2. The molecule has 8 nitrogen and oxygen atoms in total. The van der Waals surface area contributed by atoms with Crippen LogP contribution < -0.4 is 10.6 Å². The fourth-order valence-electron chi connectivity index (χ4n) is 4.62. The average molecular weight is 456 g/mol. The van der Waals surface area contributed by atoms with Crippen molar-refractivity contribution in [3.63, 3.8) is 0 Å². The Balaban J connectivity index is 1.50. The van der Waals surface area contributed by atoms with E-state index in [9.17, 15) is 23.6 Å². The number of alkyl halides is 2. The van der Waals surface area contributed by atoms with Gasteiger partial charge in [0.1, 0.15) is 11.6 Å². The quantitative estimate of drug-likeness (QED) is 0.526. The van der Waals surface area contributed by atoms with Crippen LogP contribution in [0.25, 0.3) is 0 Å². The van der Waals surface area contributed by atoms with Crippen LogP contribution in [0.4, 0.5) is 13.6 Å². The lowest BCUT2D eigenvalue weighted by atomic mass is 9.73. The van der Waals surface area contributed by atoms with Gasteiger partial charge in [-0.05, 0) is 51.7 Å². The summed E-state index contributed by atoms with van der Waals surface area (Å²) in [5.74, 6) is -3.89. The first-order valence-electron chi connectivity index (χ1n) is 11.7. The average Bonchev–Trinajstić information content (AvgIpc) is 3.47. The zero-order valence-electron chi connectivity index (χ0n) is 19.1. The highest BCUT2D eigenvalue weighted by atomic mass is 19.3. The van der Waals surface area contributed by atoms with Gasteiger partial charge in [0.05, 0.1) is 6.07 Å². The lowest BCUT2D eigenvalue weighted by molar-refractivity contribution is -0.218. The number of carbonyl (C=O) groups excluding carboxylic acids is 2. The minimum atomic E-state index is -3.11. The Hall–Kier alpha value is -1.99. The molecule has 3 rings (SSSR count). The highest BCUT2D eigenvalue weighted by molar-refractivity contribution is 5.86. The molecule has 1 aliphatic carbocycles. The van der Waals surface area contributed by atoms with Crippen molar-refractivity contribution in [1.29, 1.82) is 5.26 Å². The van der Waals surface area contributed by atoms with Crippen molar-refractivity contribution >= 4 is 12.0 Å². The Morgan fingerprint density at radius 3 is 2.34 bits per heavy atom. The molecule has 1 spiro atoms. The van der Waals surface area contributed by atoms with Crippen molar-refractivity contribution in [2.75, 3.05) is 32.7 Å². The number of nitrogens with one attached hydrogen (secondary N) is 2. The second-order valence-electron chi connectivity index (χ2n) is 9.71. The lowest BCUT2D eigenvalue weighted by Gasteiger charge is -2.52. The van der Waals surface area contributed by atoms with E-state index in [1.807, 2.05) is 6.07 Å². The minimum Gasteiger partial charge on any atom is -0.351 e. The summed E-state index contributed by atoms with van der Waals surface area (Å²) < 4.78 is 28.5. The van der Waals surface area contributed by atoms with Crippen LogP contribution in [0.5, 0.6) is 0 Å². The van der Waals surface area contributed by atoms with E-state index in [1.165, 1.54) is 5.06 Å². The predicted octanol–water partition coefficient (Wildman–Crippen LogP) is 2.80. The fourth-order valence-corrected chi connectivity index (χ4v) is 4.62. The number of piperidine rings is 1. The molecule has 2 N–H and O–H groups in total. The third kappa shape index (κ3) is 6.29. The van der Waals surface area contributed by atoms with Gasteiger partial charge in [-0.15, -0.1) is 5.06 Å². The van der Waals surface area contributed by atoms with E-state index in [1.54, 1.807) is 6.92 Å². The molecule has 180 valence electrons. The molecule has 0 radical (unpaired) electrons. The van der Waals surface area contributed by atoms with Crippen molar-refractivity contribution in [2.24, 2.45) is 5.41 Å². The number of hydrogen-bond donors (Lipinski definition) is 2. The maximum Gasteiger partial charge on any atom is 0.426 e. The molecule has 0 unspecified atom stereocenters. The van der Waals surface area contributed by atoms with Gasteiger partial charge in [-0.25, -0.2) is 13.6 Å². The van der Waals surface area contributed by atoms with Crippen molar-refractivity contribution in [2.45, 2.75) is 82.7 Å². The lowest BCUT2D eigenvalue weighted by Crippen LogP contribution is -2.61. The maximum atomic E-state index is 14.2. The molecule has 2 saturated heterocycles. The smallest absolute Gasteiger partial charge is 0.351 e. The standard InChI is InChI=1S/C22H35F2N5O3/c1-3-5-22(23,24)13-17(18(30)27-21(14-25)6-7-21)26-19(31)32-29-15-20(16-29)8-11-28(10-4-2)12-9-20/h17H,3-13,15-16H2,1-2H3,(H,26,31)(H,27,30)/t17-/m0/s1. The molecule has 32 heavy (non-hydrogen) atoms. The number of hydrogen-bond acceptors (Lipinski definition) is 6. The van der Waals surface area contributed by atoms with Crippen molar-refractivity contribution in [1.82, 2.24) is 20.6 Å². The first-order valence-corrected chi connectivity index (χ1v) is 11.7. The van der Waals surface area contributed by atoms with Crippen LogP contribution in [-0.4, -0.2) is 72.2 Å². The van der Waals surface area contributed by atoms with Gasteiger partial charge in [0.2, 0.25) is 5.91 Å². The molecule has 3 fully saturated rings. The number of nitriles is 1. The van der Waals surface area contributed by atoms with Crippen molar-refractivity contribution in [3.05, 3.63) is 0 Å². The highest BCUT2D eigenvalue weighted by Crippen LogP contribution is 2.40. The van der Waals surface area contributed by atoms with Crippen LogP contribution in [0, 0.1) is 16.7 Å². The molecule has 0 aromatic rings. The fraction of sp³-hybridized carbons (Fsp3) is 0.864. The number of nitrogens with zero attached hydrogens (tertiary/aromatic N) is 3. The van der Waals surface area contributed by atoms with Gasteiger partial charge in [-0.3, -0.25) is 4.79 Å². The molecular formula is C22H35F2N5O3. The molecule has 2 amide bonds. The zero-order valence-corrected chi connectivity index (χ0v) is 19.1. The Labute approximate surface area is 188 Å². The molecule has 0 aromatic heterocycles. The molecule has 0 bridgehead atoms. The Bertz CT molecular complexity index is 722. The molecule has 2 aliphatic heterocycles. The molecule has 3 aliphatic rings. The summed E-state index contributed by atoms with van der Waals surface area (Å²) in [6.07, 6.45) is 2.27. The monoisotopic (exact) mass is 455 g/mol. The Kier molecular flexibility index (Phi) is 7.61. The first kappa shape index (κ1) is 24.6. The normalized spacial score (nSPS) is 23.0. The van der Waals surface area contributed by atoms with Crippen LogP contribution in [-0.2, 0) is 9.63 Å². The summed E-state index contributed by atoms with van der Waals surface area (Å²) in [5, 5.41) is 15.5. The third-order valence-electron chi connectivity index (χ3n) is 6.75. The molecule has 10 heteroatoms. The van der Waals surface area contributed by atoms with E-state index in [-0.39, 0.29) is 18.3 Å². The van der Waals surface area contributed by atoms with Gasteiger partial charge in [0, 0.05) is 31.3 Å². The van der Waals surface area contributed by atoms with E-state index < -0.39 is 35.9 Å². The van der Waals surface area contributed by atoms with E-state index in [4.69, 9.17) is 4.84 Å². The molecule has 2 heterocycles. The van der Waals surface area contributed by atoms with E-state index in [2.05, 4.69) is 22.5 Å². The van der Waals surface area contributed by atoms with Gasteiger partial charge in [-0.2, -0.15) is 5.26 Å². The third-order valence-corrected chi connectivity index (χ3v) is 6.75. The van der Waals surface area contributed by atoms with Gasteiger partial charge in [-0.1, -0.05) is 20.3 Å². The van der Waals surface area contributed by atoms with Crippen LogP contribution >= 0.6 is 0 Å². The Morgan fingerprint density at radius 1 is 1.16 bits per heavy atom. The number of rotatable bonds is 10. The predicted molar refractivity (Wildman–Crippen MR) is 114 cm³/mol. The summed E-state index contributed by atoms with van der Waals surface area (Å²) in [5.41, 5.74) is -0.863. The van der Waals surface area contributed by atoms with Crippen molar-refractivity contribution < 1.29 is 23.2 Å². The topological polar surface area (TPSA) is 97.7 Å². The number of carbonyl (C=O) groups is 2. The van der Waals surface area contributed by atoms with Gasteiger partial charge in [0.15, 0.2) is 0 Å². The summed E-state index contributed by atoms with van der Waals surface area (Å²) in [7, 11) is 0. The van der Waals surface area contributed by atoms with Gasteiger partial charge in [0.25, 0.3) is 5.92 Å². The number of halogens is 2. The minimum absolute atomic E-state index is 0.139. The van der Waals surface area contributed by atoms with Crippen LogP contribution in [0.1, 0.15) is 65.2 Å². The first-order chi connectivity index (χ1) is 15.1. The highest BCUT2D eigenvalue weighted by Gasteiger charge is 2.48. The van der Waals surface area contributed by atoms with E-state index in [0.717, 1.165) is 38.9 Å². The van der Waals surface area contributed by atoms with Crippen LogP contribution in [0.15, 0.2) is 0 Å². The molecular weight excluding hydrogens is 420 g/mol. The van der Waals surface area contributed by atoms with Crippen molar-refractivity contribution in [3.8, 4) is 6.07 Å². The second kappa shape index (κ2) is 9.87. The largest absolute Gasteiger partial charge is 0.426 e. The second-order valence-corrected chi connectivity index (χ2v) is 9.71. The summed E-state index contributed by atoms with van der Waals surface area (Å²) in [4.78, 5) is 32.7. The summed E-state index contributed by atoms with van der Waals surface area (Å²) in [6.45, 7) is 8.18. The summed E-state index contributed by atoms with van der Waals surface area (Å²) in [6, 6.07) is 0.529. The zero-order chi connectivity index (χ0) is 23.4.